The molecule has 1 aromatic carbocycles. The van der Waals surface area contributed by atoms with Gasteiger partial charge in [0, 0.05) is 17.5 Å². The molecule has 1 heterocycles. The fourth-order valence-corrected chi connectivity index (χ4v) is 5.40. The highest BCUT2D eigenvalue weighted by atomic mass is 16.5. The van der Waals surface area contributed by atoms with Gasteiger partial charge in [0.15, 0.2) is 0 Å². The van der Waals surface area contributed by atoms with Crippen molar-refractivity contribution in [2.24, 2.45) is 5.92 Å². The zero-order valence-corrected chi connectivity index (χ0v) is 18.3. The highest BCUT2D eigenvalue weighted by molar-refractivity contribution is 5.53. The Labute approximate surface area is 170 Å². The number of hydroxylamine groups is 1. The SMILES string of the molecule is CCCCCCC(C)(C)c1cc(O)c2c(c1)OC(C)(C)C1CCC(NO)CC21. The third kappa shape index (κ3) is 4.18. The second-order valence-corrected chi connectivity index (χ2v) is 10.2. The molecule has 0 spiro atoms. The summed E-state index contributed by atoms with van der Waals surface area (Å²) >= 11 is 0. The van der Waals surface area contributed by atoms with Crippen molar-refractivity contribution in [2.75, 3.05) is 0 Å². The van der Waals surface area contributed by atoms with Crippen LogP contribution in [0.2, 0.25) is 0 Å². The molecule has 4 heteroatoms. The minimum absolute atomic E-state index is 0.00631. The van der Waals surface area contributed by atoms with Crippen molar-refractivity contribution in [1.29, 1.82) is 0 Å². The number of benzene rings is 1. The molecular formula is C24H39NO3. The Morgan fingerprint density at radius 1 is 1.18 bits per heavy atom. The summed E-state index contributed by atoms with van der Waals surface area (Å²) in [5, 5.41) is 20.5. The van der Waals surface area contributed by atoms with Crippen molar-refractivity contribution in [3.8, 4) is 11.5 Å². The summed E-state index contributed by atoms with van der Waals surface area (Å²) in [6, 6.07) is 4.22. The molecule has 1 aliphatic carbocycles. The van der Waals surface area contributed by atoms with Crippen LogP contribution in [0, 0.1) is 5.92 Å². The van der Waals surface area contributed by atoms with Gasteiger partial charge in [0.2, 0.25) is 0 Å². The molecule has 158 valence electrons. The number of aromatic hydroxyl groups is 1. The average molecular weight is 390 g/mol. The standard InChI is InChI=1S/C24H39NO3/c1-6-7-8-9-12-23(2,3)16-13-20(26)22-18-15-17(25-27)10-11-19(18)24(4,5)28-21(22)14-16/h13-14,17-19,25-27H,6-12,15H2,1-5H3. The molecule has 0 bridgehead atoms. The summed E-state index contributed by atoms with van der Waals surface area (Å²) < 4.78 is 6.47. The lowest BCUT2D eigenvalue weighted by molar-refractivity contribution is -0.0232. The maximum Gasteiger partial charge on any atom is 0.127 e. The quantitative estimate of drug-likeness (QED) is 0.393. The van der Waals surface area contributed by atoms with Gasteiger partial charge in [-0.25, -0.2) is 5.48 Å². The van der Waals surface area contributed by atoms with Gasteiger partial charge in [0.1, 0.15) is 17.1 Å². The molecule has 1 aliphatic heterocycles. The number of hydrogen-bond acceptors (Lipinski definition) is 4. The van der Waals surface area contributed by atoms with E-state index in [1.807, 2.05) is 6.07 Å². The second kappa shape index (κ2) is 8.23. The summed E-state index contributed by atoms with van der Waals surface area (Å²) in [6.07, 6.45) is 8.86. The van der Waals surface area contributed by atoms with E-state index < -0.39 is 0 Å². The first kappa shape index (κ1) is 21.4. The molecule has 1 saturated carbocycles. The molecule has 1 aromatic rings. The van der Waals surface area contributed by atoms with Crippen molar-refractivity contribution in [1.82, 2.24) is 5.48 Å². The van der Waals surface area contributed by atoms with E-state index in [4.69, 9.17) is 4.74 Å². The number of hydrogen-bond donors (Lipinski definition) is 3. The minimum Gasteiger partial charge on any atom is -0.508 e. The molecule has 3 N–H and O–H groups in total. The smallest absolute Gasteiger partial charge is 0.127 e. The van der Waals surface area contributed by atoms with Crippen LogP contribution in [0.3, 0.4) is 0 Å². The predicted octanol–water partition coefficient (Wildman–Crippen LogP) is 6.04. The highest BCUT2D eigenvalue weighted by Crippen LogP contribution is 2.55. The lowest BCUT2D eigenvalue weighted by Crippen LogP contribution is -2.49. The molecule has 3 atom stereocenters. The van der Waals surface area contributed by atoms with Gasteiger partial charge in [-0.1, -0.05) is 46.5 Å². The summed E-state index contributed by atoms with van der Waals surface area (Å²) in [7, 11) is 0. The van der Waals surface area contributed by atoms with E-state index in [1.54, 1.807) is 0 Å². The average Bonchev–Trinajstić information content (AvgIpc) is 2.63. The first-order valence-corrected chi connectivity index (χ1v) is 11.2. The molecule has 28 heavy (non-hydrogen) atoms. The van der Waals surface area contributed by atoms with Crippen LogP contribution in [0.5, 0.6) is 11.5 Å². The third-order valence-corrected chi connectivity index (χ3v) is 7.23. The van der Waals surface area contributed by atoms with Crippen LogP contribution < -0.4 is 10.2 Å². The molecule has 2 aliphatic rings. The monoisotopic (exact) mass is 389 g/mol. The Kier molecular flexibility index (Phi) is 6.31. The van der Waals surface area contributed by atoms with Crippen LogP contribution in [0.1, 0.15) is 103 Å². The van der Waals surface area contributed by atoms with E-state index >= 15 is 0 Å². The van der Waals surface area contributed by atoms with Gasteiger partial charge in [0.05, 0.1) is 0 Å². The van der Waals surface area contributed by atoms with Gasteiger partial charge in [-0.3, -0.25) is 0 Å². The Morgan fingerprint density at radius 3 is 2.61 bits per heavy atom. The molecule has 3 unspecified atom stereocenters. The van der Waals surface area contributed by atoms with Gasteiger partial charge in [0.25, 0.3) is 0 Å². The maximum atomic E-state index is 11.0. The Bertz CT molecular complexity index is 683. The zero-order chi connectivity index (χ0) is 20.5. The molecule has 0 saturated heterocycles. The highest BCUT2D eigenvalue weighted by Gasteiger charge is 2.48. The Balaban J connectivity index is 1.91. The van der Waals surface area contributed by atoms with Crippen LogP contribution in [0.25, 0.3) is 0 Å². The summed E-state index contributed by atoms with van der Waals surface area (Å²) in [4.78, 5) is 0. The van der Waals surface area contributed by atoms with Gasteiger partial charge in [-0.15, -0.1) is 0 Å². The van der Waals surface area contributed by atoms with Gasteiger partial charge in [-0.2, -0.15) is 0 Å². The van der Waals surface area contributed by atoms with E-state index in [1.165, 1.54) is 25.7 Å². The van der Waals surface area contributed by atoms with Crippen molar-refractivity contribution in [3.05, 3.63) is 23.3 Å². The molecule has 0 aromatic heterocycles. The third-order valence-electron chi connectivity index (χ3n) is 7.23. The topological polar surface area (TPSA) is 61.7 Å². The van der Waals surface area contributed by atoms with Crippen LogP contribution >= 0.6 is 0 Å². The van der Waals surface area contributed by atoms with Gasteiger partial charge >= 0.3 is 0 Å². The molecule has 0 radical (unpaired) electrons. The maximum absolute atomic E-state index is 11.0. The number of unbranched alkanes of at least 4 members (excludes halogenated alkanes) is 3. The van der Waals surface area contributed by atoms with Crippen LogP contribution in [0.15, 0.2) is 12.1 Å². The first-order chi connectivity index (χ1) is 13.2. The van der Waals surface area contributed by atoms with Crippen molar-refractivity contribution in [2.45, 2.75) is 109 Å². The molecule has 4 nitrogen and oxygen atoms in total. The Morgan fingerprint density at radius 2 is 1.93 bits per heavy atom. The summed E-state index contributed by atoms with van der Waals surface area (Å²) in [5.41, 5.74) is 4.29. The Hall–Kier alpha value is -1.26. The van der Waals surface area contributed by atoms with Crippen LogP contribution in [-0.4, -0.2) is 22.0 Å². The van der Waals surface area contributed by atoms with Gasteiger partial charge < -0.3 is 15.1 Å². The second-order valence-electron chi connectivity index (χ2n) is 10.2. The number of phenolic OH excluding ortho intramolecular Hbond substituents is 1. The fourth-order valence-electron chi connectivity index (χ4n) is 5.40. The van der Waals surface area contributed by atoms with Crippen molar-refractivity contribution in [3.63, 3.8) is 0 Å². The first-order valence-electron chi connectivity index (χ1n) is 11.2. The molecule has 1 fully saturated rings. The van der Waals surface area contributed by atoms with Crippen LogP contribution in [-0.2, 0) is 5.41 Å². The lowest BCUT2D eigenvalue weighted by Gasteiger charge is -2.49. The lowest BCUT2D eigenvalue weighted by atomic mass is 9.65. The largest absolute Gasteiger partial charge is 0.508 e. The number of fused-ring (bicyclic) bond motifs is 3. The summed E-state index contributed by atoms with van der Waals surface area (Å²) in [5.74, 6) is 1.75. The number of phenols is 1. The minimum atomic E-state index is -0.269. The molecule has 3 rings (SSSR count). The summed E-state index contributed by atoms with van der Waals surface area (Å²) in [6.45, 7) is 11.1. The number of rotatable bonds is 7. The van der Waals surface area contributed by atoms with Crippen molar-refractivity contribution >= 4 is 0 Å². The number of nitrogens with one attached hydrogen (secondary N) is 1. The van der Waals surface area contributed by atoms with E-state index in [2.05, 4.69) is 46.2 Å². The van der Waals surface area contributed by atoms with E-state index in [0.29, 0.717) is 11.7 Å². The van der Waals surface area contributed by atoms with Crippen molar-refractivity contribution < 1.29 is 15.1 Å². The molecule has 0 amide bonds. The fraction of sp³-hybridized carbons (Fsp3) is 0.750. The number of ether oxygens (including phenoxy) is 1. The van der Waals surface area contributed by atoms with Gasteiger partial charge in [-0.05, 0) is 68.6 Å². The van der Waals surface area contributed by atoms with E-state index in [-0.39, 0.29) is 23.0 Å². The van der Waals surface area contributed by atoms with Crippen LogP contribution in [0.4, 0.5) is 0 Å². The van der Waals surface area contributed by atoms with E-state index in [9.17, 15) is 10.3 Å². The normalized spacial score (nSPS) is 26.3. The molecular weight excluding hydrogens is 350 g/mol. The zero-order valence-electron chi connectivity index (χ0n) is 18.3. The van der Waals surface area contributed by atoms with E-state index in [0.717, 1.165) is 42.6 Å². The predicted molar refractivity (Wildman–Crippen MR) is 113 cm³/mol.